The van der Waals surface area contributed by atoms with E-state index in [2.05, 4.69) is 5.10 Å². The van der Waals surface area contributed by atoms with Gasteiger partial charge in [-0.05, 0) is 12.1 Å². The third-order valence-corrected chi connectivity index (χ3v) is 2.33. The number of nitrogens with two attached hydrogens (primary N) is 1. The molecule has 0 saturated heterocycles. The van der Waals surface area contributed by atoms with Crippen LogP contribution in [0.2, 0.25) is 0 Å². The van der Waals surface area contributed by atoms with Gasteiger partial charge in [0, 0.05) is 6.07 Å². The maximum absolute atomic E-state index is 11.7. The Morgan fingerprint density at radius 1 is 1.33 bits per heavy atom. The van der Waals surface area contributed by atoms with Crippen LogP contribution in [-0.4, -0.2) is 20.8 Å². The smallest absolute Gasteiger partial charge is 0.275 e. The lowest BCUT2D eigenvalue weighted by Gasteiger charge is -2.07. The number of primary amides is 1. The fourth-order valence-electron chi connectivity index (χ4n) is 1.53. The molecule has 0 saturated carbocycles. The van der Waals surface area contributed by atoms with Gasteiger partial charge in [0.2, 0.25) is 5.91 Å². The molecule has 0 fully saturated rings. The van der Waals surface area contributed by atoms with Crippen LogP contribution in [0.1, 0.15) is 5.69 Å². The molecule has 0 aliphatic heterocycles. The number of nitrogens with zero attached hydrogens (tertiary/aromatic N) is 2. The third kappa shape index (κ3) is 2.37. The van der Waals surface area contributed by atoms with E-state index in [0.717, 1.165) is 10.7 Å². The molecule has 3 N–H and O–H groups in total. The molecule has 1 amide bonds. The fourth-order valence-corrected chi connectivity index (χ4v) is 1.53. The highest BCUT2D eigenvalue weighted by molar-refractivity contribution is 5.76. The zero-order valence-corrected chi connectivity index (χ0v) is 9.41. The van der Waals surface area contributed by atoms with Crippen molar-refractivity contribution in [2.75, 3.05) is 0 Å². The Labute approximate surface area is 102 Å². The fraction of sp³-hybridized carbons (Fsp3) is 0.0833. The second-order valence-electron chi connectivity index (χ2n) is 3.70. The number of amides is 1. The Morgan fingerprint density at radius 2 is 2.00 bits per heavy atom. The maximum atomic E-state index is 11.7. The van der Waals surface area contributed by atoms with E-state index in [4.69, 9.17) is 5.73 Å². The number of benzene rings is 1. The summed E-state index contributed by atoms with van der Waals surface area (Å²) in [5.41, 5.74) is 5.19. The quantitative estimate of drug-likeness (QED) is 0.793. The van der Waals surface area contributed by atoms with Crippen LogP contribution in [-0.2, 0) is 11.2 Å². The van der Waals surface area contributed by atoms with Crippen molar-refractivity contribution in [3.05, 3.63) is 52.4 Å². The first kappa shape index (κ1) is 11.8. The van der Waals surface area contributed by atoms with E-state index in [1.54, 1.807) is 30.3 Å². The van der Waals surface area contributed by atoms with Gasteiger partial charge in [0.25, 0.3) is 5.56 Å². The normalized spacial score (nSPS) is 10.2. The predicted octanol–water partition coefficient (Wildman–Crippen LogP) is -0.0341. The number of carbonyl (C=O) groups is 1. The molecule has 1 aromatic carbocycles. The molecule has 2 rings (SSSR count). The minimum atomic E-state index is -0.629. The summed E-state index contributed by atoms with van der Waals surface area (Å²) in [6.45, 7) is 0. The number of rotatable bonds is 3. The van der Waals surface area contributed by atoms with Crippen LogP contribution in [0.25, 0.3) is 5.69 Å². The molecular weight excluding hydrogens is 234 g/mol. The van der Waals surface area contributed by atoms with E-state index in [1.807, 2.05) is 0 Å². The van der Waals surface area contributed by atoms with Gasteiger partial charge >= 0.3 is 0 Å². The molecule has 0 unspecified atom stereocenters. The highest BCUT2D eigenvalue weighted by Gasteiger charge is 2.11. The zero-order valence-electron chi connectivity index (χ0n) is 9.41. The van der Waals surface area contributed by atoms with Gasteiger partial charge in [-0.2, -0.15) is 9.78 Å². The highest BCUT2D eigenvalue weighted by Crippen LogP contribution is 2.12. The van der Waals surface area contributed by atoms with Crippen molar-refractivity contribution >= 4 is 5.91 Å². The molecule has 0 spiro atoms. The van der Waals surface area contributed by atoms with Gasteiger partial charge in [-0.25, -0.2) is 0 Å². The zero-order chi connectivity index (χ0) is 13.1. The monoisotopic (exact) mass is 245 g/mol. The van der Waals surface area contributed by atoms with Gasteiger partial charge in [-0.1, -0.05) is 18.2 Å². The van der Waals surface area contributed by atoms with Gasteiger partial charge in [-0.3, -0.25) is 9.59 Å². The van der Waals surface area contributed by atoms with Gasteiger partial charge in [-0.15, -0.1) is 0 Å². The van der Waals surface area contributed by atoms with Crippen LogP contribution in [0.3, 0.4) is 0 Å². The maximum Gasteiger partial charge on any atom is 0.275 e. The second-order valence-corrected chi connectivity index (χ2v) is 3.70. The van der Waals surface area contributed by atoms with Crippen LogP contribution in [0.15, 0.2) is 41.2 Å². The van der Waals surface area contributed by atoms with Gasteiger partial charge in [0.05, 0.1) is 12.1 Å². The van der Waals surface area contributed by atoms with E-state index in [1.165, 1.54) is 0 Å². The Kier molecular flexibility index (Phi) is 3.09. The average molecular weight is 245 g/mol. The molecule has 0 atom stereocenters. The Balaban J connectivity index is 2.55. The van der Waals surface area contributed by atoms with Crippen molar-refractivity contribution < 1.29 is 9.90 Å². The van der Waals surface area contributed by atoms with Gasteiger partial charge in [0.1, 0.15) is 11.4 Å². The minimum absolute atomic E-state index is 0.0750. The lowest BCUT2D eigenvalue weighted by Crippen LogP contribution is -2.24. The average Bonchev–Trinajstić information content (AvgIpc) is 2.33. The molecule has 1 heterocycles. The molecule has 0 aliphatic carbocycles. The van der Waals surface area contributed by atoms with Crippen molar-refractivity contribution in [1.82, 2.24) is 9.78 Å². The van der Waals surface area contributed by atoms with Gasteiger partial charge in [0.15, 0.2) is 0 Å². The first-order chi connectivity index (χ1) is 8.58. The number of aromatic hydroxyl groups is 1. The van der Waals surface area contributed by atoms with Crippen LogP contribution in [0.5, 0.6) is 5.75 Å². The Hall–Kier alpha value is -2.63. The van der Waals surface area contributed by atoms with Crippen LogP contribution < -0.4 is 11.3 Å². The molecule has 92 valence electrons. The van der Waals surface area contributed by atoms with E-state index in [0.29, 0.717) is 5.69 Å². The first-order valence-corrected chi connectivity index (χ1v) is 5.24. The molecule has 6 nitrogen and oxygen atoms in total. The molecule has 0 aliphatic rings. The van der Waals surface area contributed by atoms with Gasteiger partial charge < -0.3 is 10.8 Å². The molecule has 0 radical (unpaired) electrons. The molecule has 6 heteroatoms. The van der Waals surface area contributed by atoms with E-state index >= 15 is 0 Å². The highest BCUT2D eigenvalue weighted by atomic mass is 16.3. The lowest BCUT2D eigenvalue weighted by molar-refractivity contribution is -0.117. The van der Waals surface area contributed by atoms with Crippen LogP contribution in [0.4, 0.5) is 0 Å². The number of carbonyl (C=O) groups excluding carboxylic acids is 1. The largest absolute Gasteiger partial charge is 0.506 e. The summed E-state index contributed by atoms with van der Waals surface area (Å²) in [5.74, 6) is -0.956. The second kappa shape index (κ2) is 4.70. The summed E-state index contributed by atoms with van der Waals surface area (Å²) >= 11 is 0. The molecule has 18 heavy (non-hydrogen) atoms. The summed E-state index contributed by atoms with van der Waals surface area (Å²) in [6, 6.07) is 9.71. The minimum Gasteiger partial charge on any atom is -0.506 e. The van der Waals surface area contributed by atoms with Crippen molar-refractivity contribution in [3.63, 3.8) is 0 Å². The number of hydrogen-bond acceptors (Lipinski definition) is 4. The van der Waals surface area contributed by atoms with E-state index < -0.39 is 11.5 Å². The molecule has 0 bridgehead atoms. The summed E-state index contributed by atoms with van der Waals surface area (Å²) in [7, 11) is 0. The summed E-state index contributed by atoms with van der Waals surface area (Å²) in [4.78, 5) is 22.5. The van der Waals surface area contributed by atoms with E-state index in [-0.39, 0.29) is 17.9 Å². The lowest BCUT2D eigenvalue weighted by atomic mass is 10.2. The topological polar surface area (TPSA) is 98.2 Å². The van der Waals surface area contributed by atoms with Crippen molar-refractivity contribution in [2.45, 2.75) is 6.42 Å². The Bertz CT molecular complexity index is 635. The Morgan fingerprint density at radius 3 is 2.61 bits per heavy atom. The van der Waals surface area contributed by atoms with Crippen LogP contribution in [0, 0.1) is 0 Å². The third-order valence-electron chi connectivity index (χ3n) is 2.33. The number of hydrogen-bond donors (Lipinski definition) is 2. The number of para-hydroxylation sites is 1. The summed E-state index contributed by atoms with van der Waals surface area (Å²) in [6.07, 6.45) is -0.223. The standard InChI is InChI=1S/C12H11N3O3/c13-11(17)6-9-10(16)7-12(18)15(14-9)8-4-2-1-3-5-8/h1-5,7,16H,6H2,(H2,13,17). The summed E-state index contributed by atoms with van der Waals surface area (Å²) in [5, 5.41) is 13.5. The van der Waals surface area contributed by atoms with E-state index in [9.17, 15) is 14.7 Å². The van der Waals surface area contributed by atoms with Crippen molar-refractivity contribution in [2.24, 2.45) is 5.73 Å². The SMILES string of the molecule is NC(=O)Cc1nn(-c2ccccc2)c(=O)cc1O. The van der Waals surface area contributed by atoms with Crippen molar-refractivity contribution in [3.8, 4) is 11.4 Å². The summed E-state index contributed by atoms with van der Waals surface area (Å²) < 4.78 is 1.11. The number of aromatic nitrogens is 2. The molecule has 1 aromatic heterocycles. The molecule has 2 aromatic rings. The van der Waals surface area contributed by atoms with Crippen molar-refractivity contribution in [1.29, 1.82) is 0 Å². The first-order valence-electron chi connectivity index (χ1n) is 5.24. The molecular formula is C12H11N3O3. The predicted molar refractivity (Wildman–Crippen MR) is 64.4 cm³/mol. The van der Waals surface area contributed by atoms with Crippen LogP contribution >= 0.6 is 0 Å².